The van der Waals surface area contributed by atoms with Gasteiger partial charge in [0.25, 0.3) is 0 Å². The molecule has 0 aliphatic carbocycles. The number of halogens is 4. The zero-order chi connectivity index (χ0) is 30.2. The van der Waals surface area contributed by atoms with Crippen molar-refractivity contribution in [3.05, 3.63) is 30.1 Å². The molecule has 2 amide bonds. The zero-order valence-corrected chi connectivity index (χ0v) is 23.7. The average Bonchev–Trinajstić information content (AvgIpc) is 2.96. The lowest BCUT2D eigenvalue weighted by molar-refractivity contribution is -0.197. The third-order valence-electron chi connectivity index (χ3n) is 8.47. The Bertz CT molecular complexity index is 1290. The van der Waals surface area contributed by atoms with Crippen molar-refractivity contribution in [3.63, 3.8) is 0 Å². The third kappa shape index (κ3) is 6.28. The fourth-order valence-electron chi connectivity index (χ4n) is 5.78. The second-order valence-electron chi connectivity index (χ2n) is 11.2. The van der Waals surface area contributed by atoms with E-state index in [0.29, 0.717) is 50.9 Å². The highest BCUT2D eigenvalue weighted by atomic mass is 19.4. The van der Waals surface area contributed by atoms with Crippen molar-refractivity contribution in [1.29, 1.82) is 0 Å². The second kappa shape index (κ2) is 12.0. The topological polar surface area (TPSA) is 103 Å². The van der Waals surface area contributed by atoms with Crippen LogP contribution in [0.4, 0.5) is 34.8 Å². The largest absolute Gasteiger partial charge is 0.393 e. The van der Waals surface area contributed by atoms with Crippen LogP contribution in [0.3, 0.4) is 0 Å². The summed E-state index contributed by atoms with van der Waals surface area (Å²) in [5.41, 5.74) is 0.786. The van der Waals surface area contributed by atoms with E-state index < -0.39 is 48.6 Å². The summed E-state index contributed by atoms with van der Waals surface area (Å²) in [6.07, 6.45) is -5.57. The van der Waals surface area contributed by atoms with Gasteiger partial charge in [-0.25, -0.2) is 4.39 Å². The lowest BCUT2D eigenvalue weighted by Gasteiger charge is -2.44. The minimum absolute atomic E-state index is 0.0506. The summed E-state index contributed by atoms with van der Waals surface area (Å²) < 4.78 is 62.5. The van der Waals surface area contributed by atoms with Gasteiger partial charge in [-0.1, -0.05) is 0 Å². The van der Waals surface area contributed by atoms with Gasteiger partial charge in [0, 0.05) is 62.9 Å². The number of piperidine rings is 1. The highest BCUT2D eigenvalue weighted by Gasteiger charge is 2.50. The predicted molar refractivity (Wildman–Crippen MR) is 149 cm³/mol. The number of hydrogen-bond donors (Lipinski definition) is 2. The molecule has 3 aliphatic rings. The Morgan fingerprint density at radius 3 is 2.38 bits per heavy atom. The van der Waals surface area contributed by atoms with Gasteiger partial charge in [0.2, 0.25) is 11.8 Å². The molecule has 5 rings (SSSR count). The van der Waals surface area contributed by atoms with Crippen LogP contribution in [0.25, 0.3) is 11.3 Å². The van der Waals surface area contributed by atoms with Crippen LogP contribution in [0.1, 0.15) is 20.3 Å². The maximum Gasteiger partial charge on any atom is 0.393 e. The lowest BCUT2D eigenvalue weighted by atomic mass is 9.84. The fraction of sp³-hybridized carbons (Fsp3) is 0.571. The summed E-state index contributed by atoms with van der Waals surface area (Å²) in [5, 5.41) is 13.5. The van der Waals surface area contributed by atoms with Crippen LogP contribution >= 0.6 is 0 Å². The summed E-state index contributed by atoms with van der Waals surface area (Å²) in [5.74, 6) is -5.32. The molecule has 14 heteroatoms. The van der Waals surface area contributed by atoms with Crippen LogP contribution < -0.4 is 20.4 Å². The summed E-state index contributed by atoms with van der Waals surface area (Å²) in [7, 11) is 1.99. The molecule has 4 heterocycles. The van der Waals surface area contributed by atoms with Crippen LogP contribution in [0.15, 0.2) is 24.3 Å². The molecule has 3 aliphatic heterocycles. The van der Waals surface area contributed by atoms with Crippen LogP contribution in [-0.2, 0) is 14.3 Å². The molecule has 2 N–H and O–H groups in total. The number of carbonyl (C=O) groups excluding carboxylic acids is 2. The fourth-order valence-corrected chi connectivity index (χ4v) is 5.78. The number of hydrogen-bond acceptors (Lipinski definition) is 8. The van der Waals surface area contributed by atoms with Crippen LogP contribution in [-0.4, -0.2) is 98.2 Å². The van der Waals surface area contributed by atoms with Crippen molar-refractivity contribution in [1.82, 2.24) is 20.4 Å². The molecule has 2 unspecified atom stereocenters. The first-order valence-electron chi connectivity index (χ1n) is 14.0. The first kappa shape index (κ1) is 30.0. The van der Waals surface area contributed by atoms with Gasteiger partial charge in [0.15, 0.2) is 5.82 Å². The van der Waals surface area contributed by atoms with E-state index in [9.17, 15) is 22.8 Å². The Kier molecular flexibility index (Phi) is 8.56. The van der Waals surface area contributed by atoms with Gasteiger partial charge < -0.3 is 25.2 Å². The maximum atomic E-state index is 15.7. The molecule has 10 nitrogen and oxygen atoms in total. The number of rotatable bonds is 5. The first-order chi connectivity index (χ1) is 19.9. The molecule has 0 radical (unpaired) electrons. The van der Waals surface area contributed by atoms with Gasteiger partial charge in [-0.2, -0.15) is 13.2 Å². The van der Waals surface area contributed by atoms with Gasteiger partial charge in [-0.3, -0.25) is 14.5 Å². The number of amides is 2. The molecule has 1 aromatic heterocycles. The number of nitrogens with one attached hydrogen (secondary N) is 2. The number of ether oxygens (including phenoxy) is 1. The summed E-state index contributed by atoms with van der Waals surface area (Å²) in [4.78, 5) is 31.2. The minimum atomic E-state index is -4.74. The van der Waals surface area contributed by atoms with Crippen molar-refractivity contribution in [3.8, 4) is 11.3 Å². The summed E-state index contributed by atoms with van der Waals surface area (Å²) >= 11 is 0. The highest BCUT2D eigenvalue weighted by molar-refractivity contribution is 5.98. The quantitative estimate of drug-likeness (QED) is 0.511. The van der Waals surface area contributed by atoms with Gasteiger partial charge >= 0.3 is 6.18 Å². The Morgan fingerprint density at radius 2 is 1.76 bits per heavy atom. The van der Waals surface area contributed by atoms with E-state index in [0.717, 1.165) is 0 Å². The number of morpholine rings is 1. The molecule has 4 atom stereocenters. The van der Waals surface area contributed by atoms with Gasteiger partial charge in [-0.05, 0) is 39.1 Å². The Balaban J connectivity index is 1.49. The standard InChI is InChI=1S/C28H35F4N7O3/c1-16-14-39(15-17(2)37(16)3)24-12-21(29)18(22-4-5-25(36-35-22)38-6-8-42-9-7-38)10-23(24)34-27(41)19-13-33-26(40)11-20(19)28(30,31)32/h4-5,10,12,16-17,19-20H,6-9,11,13-15H2,1-3H3,(H,33,40)(H,34,41)/t16-,17+,19?,20?. The third-order valence-corrected chi connectivity index (χ3v) is 8.47. The molecule has 3 saturated heterocycles. The Hall–Kier alpha value is -3.52. The molecule has 0 spiro atoms. The van der Waals surface area contributed by atoms with Crippen molar-refractivity contribution >= 4 is 29.0 Å². The number of nitrogens with zero attached hydrogens (tertiary/aromatic N) is 5. The first-order valence-corrected chi connectivity index (χ1v) is 14.0. The van der Waals surface area contributed by atoms with E-state index in [1.54, 1.807) is 12.1 Å². The molecule has 1 aromatic carbocycles. The molecular weight excluding hydrogens is 558 g/mol. The second-order valence-corrected chi connectivity index (χ2v) is 11.2. The maximum absolute atomic E-state index is 15.7. The molecule has 3 fully saturated rings. The van der Waals surface area contributed by atoms with E-state index in [-0.39, 0.29) is 29.0 Å². The highest BCUT2D eigenvalue weighted by Crippen LogP contribution is 2.39. The summed E-state index contributed by atoms with van der Waals surface area (Å²) in [6.45, 7) is 7.05. The van der Waals surface area contributed by atoms with Gasteiger partial charge in [0.1, 0.15) is 5.82 Å². The molecule has 228 valence electrons. The lowest BCUT2D eigenvalue weighted by Crippen LogP contribution is -2.55. The van der Waals surface area contributed by atoms with Crippen LogP contribution in [0.5, 0.6) is 0 Å². The smallest absolute Gasteiger partial charge is 0.378 e. The number of likely N-dealkylation sites (N-methyl/N-ethyl adjacent to an activating group) is 1. The van der Waals surface area contributed by atoms with Crippen molar-refractivity contribution in [2.45, 2.75) is 38.5 Å². The van der Waals surface area contributed by atoms with Crippen molar-refractivity contribution < 1.29 is 31.9 Å². The van der Waals surface area contributed by atoms with Crippen LogP contribution in [0.2, 0.25) is 0 Å². The summed E-state index contributed by atoms with van der Waals surface area (Å²) in [6, 6.07) is 6.23. The number of alkyl halides is 3. The van der Waals surface area contributed by atoms with E-state index in [4.69, 9.17) is 4.74 Å². The average molecular weight is 594 g/mol. The Labute approximate surface area is 241 Å². The van der Waals surface area contributed by atoms with E-state index >= 15 is 4.39 Å². The molecule has 2 aromatic rings. The molecule has 0 bridgehead atoms. The number of carbonyl (C=O) groups is 2. The normalized spacial score (nSPS) is 25.7. The molecular formula is C28H35F4N7O3. The molecule has 0 saturated carbocycles. The molecule has 42 heavy (non-hydrogen) atoms. The minimum Gasteiger partial charge on any atom is -0.378 e. The monoisotopic (exact) mass is 593 g/mol. The van der Waals surface area contributed by atoms with Crippen molar-refractivity contribution in [2.75, 3.05) is 68.1 Å². The Morgan fingerprint density at radius 1 is 1.07 bits per heavy atom. The number of benzene rings is 1. The number of aromatic nitrogens is 2. The van der Waals surface area contributed by atoms with E-state index in [2.05, 4.69) is 25.7 Å². The van der Waals surface area contributed by atoms with E-state index in [1.807, 2.05) is 30.7 Å². The number of piperazine rings is 1. The van der Waals surface area contributed by atoms with Gasteiger partial charge in [0.05, 0.1) is 42.1 Å². The predicted octanol–water partition coefficient (Wildman–Crippen LogP) is 2.90. The number of anilines is 3. The SMILES string of the molecule is C[C@@H]1CN(c2cc(F)c(-c3ccc(N4CCOCC4)nn3)cc2NC(=O)C2CNC(=O)CC2C(F)(F)F)C[C@H](C)N1C. The zero-order valence-electron chi connectivity index (χ0n) is 23.7. The van der Waals surface area contributed by atoms with Crippen molar-refractivity contribution in [2.24, 2.45) is 11.8 Å². The van der Waals surface area contributed by atoms with Gasteiger partial charge in [-0.15, -0.1) is 10.2 Å². The van der Waals surface area contributed by atoms with Crippen LogP contribution in [0, 0.1) is 17.7 Å². The van der Waals surface area contributed by atoms with E-state index in [1.165, 1.54) is 12.1 Å².